The minimum Gasteiger partial charge on any atom is -0.490 e. The van der Waals surface area contributed by atoms with Crippen LogP contribution >= 0.6 is 0 Å². The summed E-state index contributed by atoms with van der Waals surface area (Å²) in [4.78, 5) is 24.2. The number of carbonyl (C=O) groups excluding carboxylic acids is 2. The maximum absolute atomic E-state index is 12.4. The van der Waals surface area contributed by atoms with E-state index < -0.39 is 34.5 Å². The van der Waals surface area contributed by atoms with Crippen molar-refractivity contribution < 1.29 is 32.2 Å². The van der Waals surface area contributed by atoms with E-state index in [4.69, 9.17) is 14.2 Å². The van der Waals surface area contributed by atoms with Crippen LogP contribution < -0.4 is 19.5 Å². The highest BCUT2D eigenvalue weighted by Crippen LogP contribution is 2.28. The molecule has 0 fully saturated rings. The number of aryl methyl sites for hydroxylation is 1. The second-order valence-electron chi connectivity index (χ2n) is 7.51. The number of ether oxygens (including phenoxy) is 3. The van der Waals surface area contributed by atoms with Crippen LogP contribution in [0.25, 0.3) is 0 Å². The minimum absolute atomic E-state index is 0.0391. The summed E-state index contributed by atoms with van der Waals surface area (Å²) in [5.41, 5.74) is 1.86. The number of hydrogen-bond donors (Lipinski definition) is 2. The highest BCUT2D eigenvalue weighted by molar-refractivity contribution is 7.89. The lowest BCUT2D eigenvalue weighted by Gasteiger charge is -2.14. The van der Waals surface area contributed by atoms with Gasteiger partial charge in [-0.15, -0.1) is 0 Å². The topological polar surface area (TPSA) is 120 Å². The SMILES string of the molecule is CCOc1ccc(CCNC(=O)COC(=O)[C@H](C)NS(=O)(=O)c2ccc(C)cc2)cc1OCC. The average Bonchev–Trinajstić information content (AvgIpc) is 2.79. The van der Waals surface area contributed by atoms with Crippen LogP contribution in [0.3, 0.4) is 0 Å². The van der Waals surface area contributed by atoms with Gasteiger partial charge in [-0.05, 0) is 63.9 Å². The number of esters is 1. The van der Waals surface area contributed by atoms with E-state index in [2.05, 4.69) is 10.0 Å². The summed E-state index contributed by atoms with van der Waals surface area (Å²) in [5.74, 6) is -0.0306. The summed E-state index contributed by atoms with van der Waals surface area (Å²) in [6, 6.07) is 10.6. The van der Waals surface area contributed by atoms with Gasteiger partial charge in [-0.1, -0.05) is 23.8 Å². The van der Waals surface area contributed by atoms with Gasteiger partial charge in [0.1, 0.15) is 6.04 Å². The minimum atomic E-state index is -3.89. The van der Waals surface area contributed by atoms with Crippen LogP contribution in [0.15, 0.2) is 47.4 Å². The van der Waals surface area contributed by atoms with Crippen LogP contribution in [-0.2, 0) is 30.8 Å². The third-order valence-corrected chi connectivity index (χ3v) is 6.26. The van der Waals surface area contributed by atoms with Gasteiger partial charge in [-0.3, -0.25) is 9.59 Å². The number of sulfonamides is 1. The molecule has 10 heteroatoms. The molecule has 0 unspecified atom stereocenters. The largest absolute Gasteiger partial charge is 0.490 e. The molecule has 0 saturated heterocycles. The molecule has 2 rings (SSSR count). The molecule has 1 amide bonds. The van der Waals surface area contributed by atoms with Gasteiger partial charge >= 0.3 is 5.97 Å². The maximum Gasteiger partial charge on any atom is 0.324 e. The van der Waals surface area contributed by atoms with Gasteiger partial charge in [0.05, 0.1) is 18.1 Å². The molecule has 34 heavy (non-hydrogen) atoms. The molecule has 2 N–H and O–H groups in total. The Labute approximate surface area is 200 Å². The molecule has 0 heterocycles. The van der Waals surface area contributed by atoms with Gasteiger partial charge in [0.2, 0.25) is 10.0 Å². The first-order chi connectivity index (χ1) is 16.2. The van der Waals surface area contributed by atoms with E-state index in [0.29, 0.717) is 37.7 Å². The Morgan fingerprint density at radius 3 is 2.26 bits per heavy atom. The fourth-order valence-electron chi connectivity index (χ4n) is 2.98. The van der Waals surface area contributed by atoms with Crippen molar-refractivity contribution in [2.75, 3.05) is 26.4 Å². The van der Waals surface area contributed by atoms with Gasteiger partial charge in [0.25, 0.3) is 5.91 Å². The highest BCUT2D eigenvalue weighted by atomic mass is 32.2. The summed E-state index contributed by atoms with van der Waals surface area (Å²) in [7, 11) is -3.89. The molecular formula is C24H32N2O7S. The summed E-state index contributed by atoms with van der Waals surface area (Å²) >= 11 is 0. The molecule has 0 saturated carbocycles. The zero-order valence-corrected chi connectivity index (χ0v) is 20.7. The molecule has 0 aliphatic rings. The summed E-state index contributed by atoms with van der Waals surface area (Å²) in [6.45, 7) is 7.82. The Kier molecular flexibility index (Phi) is 10.3. The van der Waals surface area contributed by atoms with Crippen LogP contribution in [0.2, 0.25) is 0 Å². The first kappa shape index (κ1) is 27.1. The Balaban J connectivity index is 1.78. The normalized spacial score (nSPS) is 12.0. The van der Waals surface area contributed by atoms with Crippen LogP contribution in [0, 0.1) is 6.92 Å². The molecule has 0 spiro atoms. The van der Waals surface area contributed by atoms with E-state index in [1.165, 1.54) is 19.1 Å². The lowest BCUT2D eigenvalue weighted by atomic mass is 10.1. The predicted molar refractivity (Wildman–Crippen MR) is 127 cm³/mol. The van der Waals surface area contributed by atoms with Gasteiger partial charge in [-0.25, -0.2) is 8.42 Å². The van der Waals surface area contributed by atoms with E-state index in [9.17, 15) is 18.0 Å². The van der Waals surface area contributed by atoms with Gasteiger partial charge in [0.15, 0.2) is 18.1 Å². The fourth-order valence-corrected chi connectivity index (χ4v) is 4.17. The summed E-state index contributed by atoms with van der Waals surface area (Å²) in [5, 5.41) is 2.67. The van der Waals surface area contributed by atoms with Crippen molar-refractivity contribution in [1.29, 1.82) is 0 Å². The molecule has 0 radical (unpaired) electrons. The number of benzene rings is 2. The van der Waals surface area contributed by atoms with Crippen molar-refractivity contribution in [2.24, 2.45) is 0 Å². The zero-order chi connectivity index (χ0) is 25.1. The first-order valence-electron chi connectivity index (χ1n) is 11.1. The third kappa shape index (κ3) is 8.35. The molecule has 186 valence electrons. The standard InChI is InChI=1S/C24H32N2O7S/c1-5-31-21-12-9-19(15-22(21)32-6-2)13-14-25-23(27)16-33-24(28)18(4)26-34(29,30)20-10-7-17(3)8-11-20/h7-12,15,18,26H,5-6,13-14,16H2,1-4H3,(H,25,27)/t18-/m0/s1. The van der Waals surface area contributed by atoms with Crippen molar-refractivity contribution in [2.45, 2.75) is 45.1 Å². The molecule has 1 atom stereocenters. The first-order valence-corrected chi connectivity index (χ1v) is 12.6. The van der Waals surface area contributed by atoms with Gasteiger partial charge < -0.3 is 19.5 Å². The predicted octanol–water partition coefficient (Wildman–Crippen LogP) is 2.36. The molecular weight excluding hydrogens is 460 g/mol. The molecule has 9 nitrogen and oxygen atoms in total. The number of hydrogen-bond acceptors (Lipinski definition) is 7. The Morgan fingerprint density at radius 1 is 0.971 bits per heavy atom. The van der Waals surface area contributed by atoms with Crippen LogP contribution in [0.5, 0.6) is 11.5 Å². The molecule has 0 aliphatic heterocycles. The van der Waals surface area contributed by atoms with Crippen LogP contribution in [0.1, 0.15) is 31.9 Å². The van der Waals surface area contributed by atoms with Crippen LogP contribution in [-0.4, -0.2) is 52.7 Å². The van der Waals surface area contributed by atoms with Crippen molar-refractivity contribution in [1.82, 2.24) is 10.0 Å². The number of amides is 1. The lowest BCUT2D eigenvalue weighted by Crippen LogP contribution is -2.41. The van der Waals surface area contributed by atoms with Gasteiger partial charge in [0, 0.05) is 6.54 Å². The van der Waals surface area contributed by atoms with E-state index in [1.807, 2.05) is 39.0 Å². The quantitative estimate of drug-likeness (QED) is 0.412. The summed E-state index contributed by atoms with van der Waals surface area (Å²) in [6.07, 6.45) is 0.541. The molecule has 0 aromatic heterocycles. The van der Waals surface area contributed by atoms with Crippen molar-refractivity contribution in [3.63, 3.8) is 0 Å². The number of carbonyl (C=O) groups is 2. The summed E-state index contributed by atoms with van der Waals surface area (Å²) < 4.78 is 43.1. The van der Waals surface area contributed by atoms with Crippen LogP contribution in [0.4, 0.5) is 0 Å². The second kappa shape index (κ2) is 13.0. The molecule has 0 aliphatic carbocycles. The van der Waals surface area contributed by atoms with E-state index >= 15 is 0 Å². The zero-order valence-electron chi connectivity index (χ0n) is 19.9. The fraction of sp³-hybridized carbons (Fsp3) is 0.417. The van der Waals surface area contributed by atoms with Gasteiger partial charge in [-0.2, -0.15) is 4.72 Å². The lowest BCUT2D eigenvalue weighted by molar-refractivity contribution is -0.149. The Hall–Kier alpha value is -3.11. The molecule has 2 aromatic rings. The van der Waals surface area contributed by atoms with Crippen molar-refractivity contribution in [3.8, 4) is 11.5 Å². The molecule has 2 aromatic carbocycles. The van der Waals surface area contributed by atoms with E-state index in [-0.39, 0.29) is 4.90 Å². The highest BCUT2D eigenvalue weighted by Gasteiger charge is 2.23. The Bertz CT molecular complexity index is 1070. The second-order valence-corrected chi connectivity index (χ2v) is 9.22. The van der Waals surface area contributed by atoms with E-state index in [1.54, 1.807) is 12.1 Å². The average molecular weight is 493 g/mol. The monoisotopic (exact) mass is 492 g/mol. The number of nitrogens with one attached hydrogen (secondary N) is 2. The number of rotatable bonds is 13. The Morgan fingerprint density at radius 2 is 1.62 bits per heavy atom. The van der Waals surface area contributed by atoms with Crippen molar-refractivity contribution >= 4 is 21.9 Å². The third-order valence-electron chi connectivity index (χ3n) is 4.71. The smallest absolute Gasteiger partial charge is 0.324 e. The van der Waals surface area contributed by atoms with E-state index in [0.717, 1.165) is 11.1 Å². The molecule has 0 bridgehead atoms. The maximum atomic E-state index is 12.4. The van der Waals surface area contributed by atoms with Crippen molar-refractivity contribution in [3.05, 3.63) is 53.6 Å².